The highest BCUT2D eigenvalue weighted by Crippen LogP contribution is 2.28. The summed E-state index contributed by atoms with van der Waals surface area (Å²) < 4.78 is 1.92. The van der Waals surface area contributed by atoms with Crippen molar-refractivity contribution in [2.24, 2.45) is 5.92 Å². The first kappa shape index (κ1) is 15.9. The highest BCUT2D eigenvalue weighted by molar-refractivity contribution is 5.49. The summed E-state index contributed by atoms with van der Waals surface area (Å²) in [5, 5.41) is 8.06. The van der Waals surface area contributed by atoms with Crippen molar-refractivity contribution in [3.05, 3.63) is 24.0 Å². The molecule has 1 saturated carbocycles. The van der Waals surface area contributed by atoms with E-state index in [1.807, 2.05) is 16.8 Å². The van der Waals surface area contributed by atoms with Gasteiger partial charge in [0.25, 0.3) is 0 Å². The minimum atomic E-state index is 0.746. The number of fused-ring (bicyclic) bond motifs is 1. The van der Waals surface area contributed by atoms with Gasteiger partial charge in [0.2, 0.25) is 0 Å². The molecule has 2 fully saturated rings. The van der Waals surface area contributed by atoms with Crippen LogP contribution in [0.5, 0.6) is 0 Å². The second kappa shape index (κ2) is 7.09. The van der Waals surface area contributed by atoms with E-state index in [4.69, 9.17) is 0 Å². The molecular weight excluding hydrogens is 298 g/mol. The Kier molecular flexibility index (Phi) is 4.69. The molecule has 1 saturated heterocycles. The van der Waals surface area contributed by atoms with Crippen molar-refractivity contribution in [2.45, 2.75) is 57.9 Å². The smallest absolute Gasteiger partial charge is 0.157 e. The van der Waals surface area contributed by atoms with Crippen molar-refractivity contribution in [3.63, 3.8) is 0 Å². The number of aromatic nitrogens is 3. The van der Waals surface area contributed by atoms with E-state index in [1.54, 1.807) is 0 Å². The molecule has 1 N–H and O–H groups in total. The average molecular weight is 327 g/mol. The van der Waals surface area contributed by atoms with Crippen LogP contribution in [0.2, 0.25) is 0 Å². The van der Waals surface area contributed by atoms with Gasteiger partial charge < -0.3 is 10.2 Å². The fraction of sp³-hybridized carbons (Fsp3) is 0.684. The predicted molar refractivity (Wildman–Crippen MR) is 97.4 cm³/mol. The van der Waals surface area contributed by atoms with Gasteiger partial charge in [0, 0.05) is 37.0 Å². The Morgan fingerprint density at radius 1 is 1.21 bits per heavy atom. The van der Waals surface area contributed by atoms with Crippen LogP contribution in [0.3, 0.4) is 0 Å². The number of nitrogens with one attached hydrogen (secondary N) is 1. The van der Waals surface area contributed by atoms with E-state index in [2.05, 4.69) is 33.3 Å². The van der Waals surface area contributed by atoms with Crippen LogP contribution in [0.4, 0.5) is 5.82 Å². The van der Waals surface area contributed by atoms with Crippen molar-refractivity contribution < 1.29 is 0 Å². The number of likely N-dealkylation sites (tertiary alicyclic amines) is 1. The molecule has 2 aliphatic rings. The molecular formula is C19H29N5. The molecule has 0 unspecified atom stereocenters. The van der Waals surface area contributed by atoms with Crippen molar-refractivity contribution in [1.82, 2.24) is 19.5 Å². The Morgan fingerprint density at radius 3 is 2.92 bits per heavy atom. The Hall–Kier alpha value is -1.62. The largest absolute Gasteiger partial charge is 0.370 e. The molecule has 0 aromatic carbocycles. The second-order valence-corrected chi connectivity index (χ2v) is 7.41. The highest BCUT2D eigenvalue weighted by Gasteiger charge is 2.28. The molecule has 0 spiro atoms. The van der Waals surface area contributed by atoms with Gasteiger partial charge >= 0.3 is 0 Å². The first-order valence-corrected chi connectivity index (χ1v) is 9.65. The van der Waals surface area contributed by atoms with Gasteiger partial charge in [-0.25, -0.2) is 4.98 Å². The van der Waals surface area contributed by atoms with E-state index in [0.29, 0.717) is 0 Å². The maximum atomic E-state index is 4.62. The fourth-order valence-corrected chi connectivity index (χ4v) is 4.33. The van der Waals surface area contributed by atoms with Crippen molar-refractivity contribution in [2.75, 3.05) is 25.0 Å². The molecule has 0 bridgehead atoms. The van der Waals surface area contributed by atoms with Crippen LogP contribution in [0.25, 0.3) is 5.65 Å². The Morgan fingerprint density at radius 2 is 2.08 bits per heavy atom. The molecule has 3 heterocycles. The van der Waals surface area contributed by atoms with Gasteiger partial charge in [0.1, 0.15) is 5.82 Å². The van der Waals surface area contributed by atoms with E-state index >= 15 is 0 Å². The van der Waals surface area contributed by atoms with Crippen LogP contribution in [0.15, 0.2) is 18.3 Å². The first-order chi connectivity index (χ1) is 11.8. The number of nitrogens with zero attached hydrogens (tertiary/aromatic N) is 4. The molecule has 2 aromatic rings. The van der Waals surface area contributed by atoms with Crippen molar-refractivity contribution >= 4 is 11.5 Å². The fourth-order valence-electron chi connectivity index (χ4n) is 4.33. The predicted octanol–water partition coefficient (Wildman–Crippen LogP) is 3.36. The van der Waals surface area contributed by atoms with Gasteiger partial charge in [-0.05, 0) is 38.1 Å². The van der Waals surface area contributed by atoms with Gasteiger partial charge in [-0.3, -0.25) is 0 Å². The molecule has 5 heteroatoms. The molecule has 0 radical (unpaired) electrons. The molecule has 1 aliphatic heterocycles. The summed E-state index contributed by atoms with van der Waals surface area (Å²) in [6.45, 7) is 5.72. The molecule has 1 atom stereocenters. The number of hydrogen-bond acceptors (Lipinski definition) is 4. The summed E-state index contributed by atoms with van der Waals surface area (Å²) in [7, 11) is 0. The van der Waals surface area contributed by atoms with E-state index in [-0.39, 0.29) is 0 Å². The third-order valence-corrected chi connectivity index (χ3v) is 5.75. The van der Waals surface area contributed by atoms with Crippen LogP contribution in [0, 0.1) is 5.92 Å². The summed E-state index contributed by atoms with van der Waals surface area (Å²) in [6, 6.07) is 4.98. The van der Waals surface area contributed by atoms with Crippen LogP contribution in [-0.4, -0.2) is 45.2 Å². The molecule has 24 heavy (non-hydrogen) atoms. The van der Waals surface area contributed by atoms with Crippen LogP contribution < -0.4 is 5.32 Å². The van der Waals surface area contributed by atoms with E-state index < -0.39 is 0 Å². The van der Waals surface area contributed by atoms with Crippen LogP contribution in [-0.2, 0) is 6.42 Å². The SMILES string of the molecule is CCc1cc(NC[C@@H]2CCN(C3CCCCC3)C2)n2nccc2n1. The molecule has 130 valence electrons. The van der Waals surface area contributed by atoms with Crippen molar-refractivity contribution in [3.8, 4) is 0 Å². The Labute approximate surface area is 144 Å². The minimum Gasteiger partial charge on any atom is -0.370 e. The Bertz CT molecular complexity index is 673. The minimum absolute atomic E-state index is 0.746. The van der Waals surface area contributed by atoms with E-state index in [1.165, 1.54) is 51.6 Å². The molecule has 1 aliphatic carbocycles. The number of hydrogen-bond donors (Lipinski definition) is 1. The zero-order chi connectivity index (χ0) is 16.4. The lowest BCUT2D eigenvalue weighted by Gasteiger charge is -2.31. The summed E-state index contributed by atoms with van der Waals surface area (Å²) >= 11 is 0. The topological polar surface area (TPSA) is 45.5 Å². The molecule has 2 aromatic heterocycles. The zero-order valence-corrected chi connectivity index (χ0v) is 14.7. The van der Waals surface area contributed by atoms with E-state index in [0.717, 1.165) is 42.1 Å². The lowest BCUT2D eigenvalue weighted by atomic mass is 9.94. The summed E-state index contributed by atoms with van der Waals surface area (Å²) in [4.78, 5) is 7.37. The second-order valence-electron chi connectivity index (χ2n) is 7.41. The third-order valence-electron chi connectivity index (χ3n) is 5.75. The van der Waals surface area contributed by atoms with Gasteiger partial charge in [-0.15, -0.1) is 0 Å². The normalized spacial score (nSPS) is 23.1. The first-order valence-electron chi connectivity index (χ1n) is 9.65. The molecule has 0 amide bonds. The maximum Gasteiger partial charge on any atom is 0.157 e. The Balaban J connectivity index is 1.38. The van der Waals surface area contributed by atoms with Crippen LogP contribution >= 0.6 is 0 Å². The lowest BCUT2D eigenvalue weighted by Crippen LogP contribution is -2.35. The number of rotatable bonds is 5. The molecule has 4 rings (SSSR count). The monoisotopic (exact) mass is 327 g/mol. The maximum absolute atomic E-state index is 4.62. The summed E-state index contributed by atoms with van der Waals surface area (Å²) in [5.74, 6) is 1.83. The average Bonchev–Trinajstić information content (AvgIpc) is 3.29. The van der Waals surface area contributed by atoms with Gasteiger partial charge in [0.15, 0.2) is 5.65 Å². The molecule has 5 nitrogen and oxygen atoms in total. The summed E-state index contributed by atoms with van der Waals surface area (Å²) in [5.41, 5.74) is 2.06. The van der Waals surface area contributed by atoms with Crippen LogP contribution in [0.1, 0.15) is 51.1 Å². The van der Waals surface area contributed by atoms with Gasteiger partial charge in [-0.1, -0.05) is 26.2 Å². The van der Waals surface area contributed by atoms with Gasteiger partial charge in [-0.2, -0.15) is 9.61 Å². The lowest BCUT2D eigenvalue weighted by molar-refractivity contribution is 0.186. The third kappa shape index (κ3) is 3.27. The van der Waals surface area contributed by atoms with Gasteiger partial charge in [0.05, 0.1) is 6.20 Å². The standard InChI is InChI=1S/C19H29N5/c1-2-16-12-19(24-18(22-16)8-10-21-24)20-13-15-9-11-23(14-15)17-6-4-3-5-7-17/h8,10,12,15,17,20H,2-7,9,11,13-14H2,1H3/t15-/m0/s1. The summed E-state index contributed by atoms with van der Waals surface area (Å²) in [6.07, 6.45) is 11.2. The number of anilines is 1. The number of aryl methyl sites for hydroxylation is 1. The van der Waals surface area contributed by atoms with Crippen molar-refractivity contribution in [1.29, 1.82) is 0 Å². The van der Waals surface area contributed by atoms with E-state index in [9.17, 15) is 0 Å². The highest BCUT2D eigenvalue weighted by atomic mass is 15.3. The quantitative estimate of drug-likeness (QED) is 0.915. The zero-order valence-electron chi connectivity index (χ0n) is 14.7.